The van der Waals surface area contributed by atoms with Crippen LogP contribution in [0.1, 0.15) is 23.2 Å². The van der Waals surface area contributed by atoms with Crippen LogP contribution in [0.4, 0.5) is 5.69 Å². The Bertz CT molecular complexity index is 609. The van der Waals surface area contributed by atoms with E-state index < -0.39 is 5.97 Å². The molecule has 130 valence electrons. The summed E-state index contributed by atoms with van der Waals surface area (Å²) in [6.07, 6.45) is 1.13. The van der Waals surface area contributed by atoms with Crippen LogP contribution in [0.3, 0.4) is 0 Å². The molecule has 0 atom stereocenters. The summed E-state index contributed by atoms with van der Waals surface area (Å²) < 4.78 is 9.84. The van der Waals surface area contributed by atoms with Crippen LogP contribution in [0.2, 0.25) is 0 Å². The average Bonchev–Trinajstić information content (AvgIpc) is 2.65. The van der Waals surface area contributed by atoms with Gasteiger partial charge in [-0.1, -0.05) is 12.1 Å². The average molecular weight is 334 g/mol. The molecule has 0 aliphatic carbocycles. The molecule has 1 fully saturated rings. The fourth-order valence-corrected chi connectivity index (χ4v) is 2.71. The van der Waals surface area contributed by atoms with Gasteiger partial charge in [0.1, 0.15) is 0 Å². The summed E-state index contributed by atoms with van der Waals surface area (Å²) in [5.74, 6) is -1.20. The Hall–Kier alpha value is -2.57. The van der Waals surface area contributed by atoms with Crippen molar-refractivity contribution in [1.82, 2.24) is 4.90 Å². The van der Waals surface area contributed by atoms with Crippen molar-refractivity contribution in [2.24, 2.45) is 5.92 Å². The van der Waals surface area contributed by atoms with Crippen molar-refractivity contribution in [1.29, 1.82) is 0 Å². The monoisotopic (exact) mass is 334 g/mol. The van der Waals surface area contributed by atoms with Crippen LogP contribution in [0.15, 0.2) is 24.3 Å². The second kappa shape index (κ2) is 8.33. The molecular weight excluding hydrogens is 312 g/mol. The van der Waals surface area contributed by atoms with E-state index in [0.717, 1.165) is 0 Å². The number of carbonyl (C=O) groups is 3. The van der Waals surface area contributed by atoms with Gasteiger partial charge < -0.3 is 19.7 Å². The van der Waals surface area contributed by atoms with Crippen molar-refractivity contribution in [2.75, 3.05) is 39.2 Å². The molecule has 0 aromatic heterocycles. The first kappa shape index (κ1) is 17.8. The number of esters is 2. The highest BCUT2D eigenvalue weighted by molar-refractivity contribution is 5.96. The number of benzene rings is 1. The number of hydrogen-bond acceptors (Lipinski definition) is 6. The molecule has 1 aromatic rings. The van der Waals surface area contributed by atoms with Gasteiger partial charge >= 0.3 is 11.9 Å². The van der Waals surface area contributed by atoms with Crippen molar-refractivity contribution in [2.45, 2.75) is 12.8 Å². The molecule has 1 aliphatic rings. The number of rotatable bonds is 5. The molecule has 24 heavy (non-hydrogen) atoms. The van der Waals surface area contributed by atoms with E-state index >= 15 is 0 Å². The van der Waals surface area contributed by atoms with E-state index in [1.807, 2.05) is 0 Å². The number of para-hydroxylation sites is 1. The molecular formula is C17H22N2O5. The van der Waals surface area contributed by atoms with E-state index in [1.54, 1.807) is 36.2 Å². The molecule has 7 nitrogen and oxygen atoms in total. The van der Waals surface area contributed by atoms with Gasteiger partial charge in [0.05, 0.1) is 18.6 Å². The molecule has 7 heteroatoms. The van der Waals surface area contributed by atoms with Gasteiger partial charge in [-0.3, -0.25) is 9.59 Å². The molecule has 1 aliphatic heterocycles. The van der Waals surface area contributed by atoms with Crippen molar-refractivity contribution in [3.63, 3.8) is 0 Å². The van der Waals surface area contributed by atoms with E-state index in [4.69, 9.17) is 9.47 Å². The van der Waals surface area contributed by atoms with Crippen LogP contribution in [0, 0.1) is 5.92 Å². The molecule has 1 amide bonds. The molecule has 0 spiro atoms. The highest BCUT2D eigenvalue weighted by Gasteiger charge is 2.28. The van der Waals surface area contributed by atoms with Gasteiger partial charge in [0, 0.05) is 25.8 Å². The third-order valence-electron chi connectivity index (χ3n) is 4.13. The summed E-state index contributed by atoms with van der Waals surface area (Å²) in [5, 5.41) is 2.91. The Kier molecular flexibility index (Phi) is 6.17. The van der Waals surface area contributed by atoms with Gasteiger partial charge in [0.2, 0.25) is 0 Å². The van der Waals surface area contributed by atoms with Gasteiger partial charge in [-0.15, -0.1) is 0 Å². The summed E-state index contributed by atoms with van der Waals surface area (Å²) >= 11 is 0. The van der Waals surface area contributed by atoms with Gasteiger partial charge in [0.15, 0.2) is 6.61 Å². The molecule has 2 rings (SSSR count). The number of nitrogens with one attached hydrogen (secondary N) is 1. The molecule has 1 heterocycles. The van der Waals surface area contributed by atoms with Crippen molar-refractivity contribution >= 4 is 23.5 Å². The molecule has 1 aromatic carbocycles. The molecule has 1 saturated heterocycles. The lowest BCUT2D eigenvalue weighted by atomic mass is 9.97. The normalized spacial score (nSPS) is 14.8. The van der Waals surface area contributed by atoms with Gasteiger partial charge in [-0.05, 0) is 25.0 Å². The first-order chi connectivity index (χ1) is 11.6. The van der Waals surface area contributed by atoms with E-state index in [2.05, 4.69) is 5.32 Å². The zero-order valence-electron chi connectivity index (χ0n) is 13.9. The number of piperidine rings is 1. The zero-order valence-corrected chi connectivity index (χ0v) is 13.9. The third-order valence-corrected chi connectivity index (χ3v) is 4.13. The van der Waals surface area contributed by atoms with Crippen LogP contribution in [-0.4, -0.2) is 56.6 Å². The number of nitrogens with zero attached hydrogens (tertiary/aromatic N) is 1. The van der Waals surface area contributed by atoms with E-state index in [-0.39, 0.29) is 24.4 Å². The highest BCUT2D eigenvalue weighted by Crippen LogP contribution is 2.19. The molecule has 0 radical (unpaired) electrons. The molecule has 0 saturated carbocycles. The highest BCUT2D eigenvalue weighted by atomic mass is 16.5. The summed E-state index contributed by atoms with van der Waals surface area (Å²) in [4.78, 5) is 37.3. The molecule has 0 unspecified atom stereocenters. The second-order valence-electron chi connectivity index (χ2n) is 5.55. The Morgan fingerprint density at radius 3 is 2.50 bits per heavy atom. The summed E-state index contributed by atoms with van der Waals surface area (Å²) in [6.45, 7) is 0.617. The predicted octanol–water partition coefficient (Wildman–Crippen LogP) is 1.30. The minimum atomic E-state index is -0.544. The second-order valence-corrected chi connectivity index (χ2v) is 5.55. The van der Waals surface area contributed by atoms with Crippen LogP contribution in [-0.2, 0) is 19.1 Å². The lowest BCUT2D eigenvalue weighted by Gasteiger charge is -2.30. The number of ether oxygens (including phenoxy) is 2. The van der Waals surface area contributed by atoms with Gasteiger partial charge in [-0.2, -0.15) is 0 Å². The quantitative estimate of drug-likeness (QED) is 0.817. The lowest BCUT2D eigenvalue weighted by molar-refractivity contribution is -0.149. The van der Waals surface area contributed by atoms with Crippen molar-refractivity contribution in [3.05, 3.63) is 29.8 Å². The first-order valence-electron chi connectivity index (χ1n) is 7.86. The predicted molar refractivity (Wildman–Crippen MR) is 87.6 cm³/mol. The number of hydrogen-bond donors (Lipinski definition) is 1. The van der Waals surface area contributed by atoms with Crippen LogP contribution in [0.5, 0.6) is 0 Å². The number of amides is 1. The summed E-state index contributed by atoms with van der Waals surface area (Å²) in [5.41, 5.74) is 1.03. The van der Waals surface area contributed by atoms with E-state index in [9.17, 15) is 14.4 Å². The van der Waals surface area contributed by atoms with E-state index in [0.29, 0.717) is 37.2 Å². The zero-order chi connectivity index (χ0) is 17.5. The van der Waals surface area contributed by atoms with Crippen LogP contribution < -0.4 is 5.32 Å². The topological polar surface area (TPSA) is 84.9 Å². The number of likely N-dealkylation sites (tertiary alicyclic amines) is 1. The largest absolute Gasteiger partial charge is 0.469 e. The van der Waals surface area contributed by atoms with Crippen molar-refractivity contribution in [3.8, 4) is 0 Å². The maximum absolute atomic E-state index is 12.2. The standard InChI is InChI=1S/C17H22N2O5/c1-18-14-6-4-3-5-13(14)17(22)24-11-15(20)19-9-7-12(8-10-19)16(21)23-2/h3-6,12,18H,7-11H2,1-2H3. The fourth-order valence-electron chi connectivity index (χ4n) is 2.71. The Morgan fingerprint density at radius 2 is 1.88 bits per heavy atom. The van der Waals surface area contributed by atoms with E-state index in [1.165, 1.54) is 7.11 Å². The Balaban J connectivity index is 1.83. The number of carbonyl (C=O) groups excluding carboxylic acids is 3. The lowest BCUT2D eigenvalue weighted by Crippen LogP contribution is -2.42. The maximum Gasteiger partial charge on any atom is 0.340 e. The Labute approximate surface area is 140 Å². The number of anilines is 1. The van der Waals surface area contributed by atoms with Gasteiger partial charge in [-0.25, -0.2) is 4.79 Å². The van der Waals surface area contributed by atoms with Gasteiger partial charge in [0.25, 0.3) is 5.91 Å². The number of methoxy groups -OCH3 is 1. The SMILES string of the molecule is CNc1ccccc1C(=O)OCC(=O)N1CCC(C(=O)OC)CC1. The minimum Gasteiger partial charge on any atom is -0.469 e. The summed E-state index contributed by atoms with van der Waals surface area (Å²) in [7, 11) is 3.07. The minimum absolute atomic E-state index is 0.163. The molecule has 1 N–H and O–H groups in total. The van der Waals surface area contributed by atoms with Crippen molar-refractivity contribution < 1.29 is 23.9 Å². The molecule has 0 bridgehead atoms. The Morgan fingerprint density at radius 1 is 1.21 bits per heavy atom. The smallest absolute Gasteiger partial charge is 0.340 e. The summed E-state index contributed by atoms with van der Waals surface area (Å²) in [6, 6.07) is 6.94. The maximum atomic E-state index is 12.2. The van der Waals surface area contributed by atoms with Crippen LogP contribution >= 0.6 is 0 Å². The fraction of sp³-hybridized carbons (Fsp3) is 0.471. The first-order valence-corrected chi connectivity index (χ1v) is 7.86. The third kappa shape index (κ3) is 4.24. The van der Waals surface area contributed by atoms with Crippen LogP contribution in [0.25, 0.3) is 0 Å².